The van der Waals surface area contributed by atoms with Crippen LogP contribution in [-0.4, -0.2) is 53.6 Å². The summed E-state index contributed by atoms with van der Waals surface area (Å²) in [6.45, 7) is 6.24. The molecule has 0 radical (unpaired) electrons. The highest BCUT2D eigenvalue weighted by Gasteiger charge is 2.37. The summed E-state index contributed by atoms with van der Waals surface area (Å²) >= 11 is 6.06. The number of hydrogen-bond acceptors (Lipinski definition) is 7. The molecule has 8 nitrogen and oxygen atoms in total. The van der Waals surface area contributed by atoms with Crippen LogP contribution in [0.3, 0.4) is 0 Å². The summed E-state index contributed by atoms with van der Waals surface area (Å²) in [5, 5.41) is 24.2. The maximum Gasteiger partial charge on any atom is 0.407 e. The van der Waals surface area contributed by atoms with Gasteiger partial charge in [0.15, 0.2) is 6.29 Å². The Kier molecular flexibility index (Phi) is 10.5. The summed E-state index contributed by atoms with van der Waals surface area (Å²) in [5.74, 6) is 0. The van der Waals surface area contributed by atoms with E-state index < -0.39 is 18.0 Å². The summed E-state index contributed by atoms with van der Waals surface area (Å²) in [6.07, 6.45) is 2.11. The Morgan fingerprint density at radius 1 is 1.00 bits per heavy atom. The molecular weight excluding hydrogens is 568 g/mol. The number of aliphatic hydroxyl groups excluding tert-OH is 1. The lowest BCUT2D eigenvalue weighted by Gasteiger charge is -2.42. The van der Waals surface area contributed by atoms with Crippen molar-refractivity contribution >= 4 is 17.7 Å². The van der Waals surface area contributed by atoms with E-state index in [1.54, 1.807) is 0 Å². The van der Waals surface area contributed by atoms with Gasteiger partial charge in [-0.05, 0) is 47.2 Å². The Balaban J connectivity index is 1.25. The fraction of sp³-hybridized carbons (Fsp3) is 0.382. The van der Waals surface area contributed by atoms with Gasteiger partial charge in [-0.2, -0.15) is 0 Å². The minimum absolute atomic E-state index is 0.00925. The molecule has 2 aliphatic rings. The molecule has 0 bridgehead atoms. The molecule has 0 saturated carbocycles. The number of benzene rings is 3. The van der Waals surface area contributed by atoms with Gasteiger partial charge in [0.25, 0.3) is 0 Å². The molecule has 228 valence electrons. The Morgan fingerprint density at radius 3 is 2.30 bits per heavy atom. The third-order valence-corrected chi connectivity index (χ3v) is 8.41. The highest BCUT2D eigenvalue weighted by Crippen LogP contribution is 2.39. The van der Waals surface area contributed by atoms with Crippen molar-refractivity contribution in [2.75, 3.05) is 26.2 Å². The van der Waals surface area contributed by atoms with Crippen LogP contribution in [0.5, 0.6) is 0 Å². The SMILES string of the molecule is C=CCOC(=O)NCc1ccc(C2OC(CN3CCC(O)(c4ccc(Cl)cc4)CC3)CC(c3ccc(CO)cc3)O2)cc1. The Bertz CT molecular complexity index is 1340. The Hall–Kier alpha value is -3.24. The van der Waals surface area contributed by atoms with Crippen molar-refractivity contribution < 1.29 is 29.2 Å². The number of likely N-dealkylation sites (tertiary alicyclic amines) is 1. The lowest BCUT2D eigenvalue weighted by Crippen LogP contribution is -2.46. The van der Waals surface area contributed by atoms with E-state index in [2.05, 4.69) is 16.8 Å². The molecule has 3 aromatic rings. The van der Waals surface area contributed by atoms with Gasteiger partial charge in [-0.3, -0.25) is 0 Å². The average molecular weight is 607 g/mol. The number of nitrogens with zero attached hydrogens (tertiary/aromatic N) is 1. The van der Waals surface area contributed by atoms with Crippen LogP contribution in [0.4, 0.5) is 4.79 Å². The molecular formula is C34H39ClN2O6. The van der Waals surface area contributed by atoms with E-state index >= 15 is 0 Å². The predicted octanol–water partition coefficient (Wildman–Crippen LogP) is 5.77. The standard InChI is InChI=1S/C34H39ClN2O6/c1-2-19-41-33(39)36-21-24-3-9-27(10-4-24)32-42-30(20-31(43-32)26-7-5-25(23-38)6-8-26)22-37-17-15-34(40,16-18-37)28-11-13-29(35)14-12-28/h2-14,30-32,38,40H,1,15-23H2,(H,36,39). The zero-order valence-corrected chi connectivity index (χ0v) is 24.9. The van der Waals surface area contributed by atoms with Crippen LogP contribution < -0.4 is 5.32 Å². The van der Waals surface area contributed by atoms with Gasteiger partial charge in [0.05, 0.1) is 24.4 Å². The lowest BCUT2D eigenvalue weighted by atomic mass is 9.84. The molecule has 0 aliphatic carbocycles. The van der Waals surface area contributed by atoms with Crippen molar-refractivity contribution in [3.05, 3.63) is 118 Å². The molecule has 9 heteroatoms. The topological polar surface area (TPSA) is 100 Å². The molecule has 3 N–H and O–H groups in total. The molecule has 3 aromatic carbocycles. The van der Waals surface area contributed by atoms with Gasteiger partial charge in [-0.15, -0.1) is 0 Å². The Labute approximate surface area is 257 Å². The van der Waals surface area contributed by atoms with Crippen LogP contribution in [0, 0.1) is 0 Å². The van der Waals surface area contributed by atoms with Gasteiger partial charge >= 0.3 is 6.09 Å². The van der Waals surface area contributed by atoms with Crippen molar-refractivity contribution in [3.8, 4) is 0 Å². The molecule has 2 saturated heterocycles. The minimum atomic E-state index is -0.865. The van der Waals surface area contributed by atoms with E-state index in [1.807, 2.05) is 72.8 Å². The predicted molar refractivity (Wildman–Crippen MR) is 164 cm³/mol. The molecule has 2 fully saturated rings. The number of alkyl carbamates (subject to hydrolysis) is 1. The number of carbonyl (C=O) groups is 1. The summed E-state index contributed by atoms with van der Waals surface area (Å²) in [4.78, 5) is 14.1. The van der Waals surface area contributed by atoms with Gasteiger partial charge in [0, 0.05) is 43.2 Å². The Morgan fingerprint density at radius 2 is 1.65 bits per heavy atom. The third-order valence-electron chi connectivity index (χ3n) is 8.16. The molecule has 5 rings (SSSR count). The summed E-state index contributed by atoms with van der Waals surface area (Å²) in [7, 11) is 0. The summed E-state index contributed by atoms with van der Waals surface area (Å²) in [6, 6.07) is 23.1. The molecule has 0 aromatic heterocycles. The summed E-state index contributed by atoms with van der Waals surface area (Å²) in [5.41, 5.74) is 3.72. The smallest absolute Gasteiger partial charge is 0.407 e. The zero-order chi connectivity index (χ0) is 30.2. The van der Waals surface area contributed by atoms with Crippen molar-refractivity contribution in [1.82, 2.24) is 10.2 Å². The second kappa shape index (κ2) is 14.5. The van der Waals surface area contributed by atoms with Crippen LogP contribution in [-0.2, 0) is 33.0 Å². The number of amides is 1. The molecule has 3 unspecified atom stereocenters. The van der Waals surface area contributed by atoms with E-state index in [4.69, 9.17) is 25.8 Å². The van der Waals surface area contributed by atoms with Gasteiger partial charge in [-0.1, -0.05) is 84.9 Å². The number of hydrogen-bond donors (Lipinski definition) is 3. The van der Waals surface area contributed by atoms with E-state index in [1.165, 1.54) is 6.08 Å². The average Bonchev–Trinajstić information content (AvgIpc) is 3.04. The molecule has 1 amide bonds. The number of aliphatic hydroxyl groups is 2. The molecule has 2 aliphatic heterocycles. The first kappa shape index (κ1) is 31.2. The van der Waals surface area contributed by atoms with E-state index in [-0.39, 0.29) is 25.4 Å². The normalized spacial score (nSPS) is 22.1. The van der Waals surface area contributed by atoms with Crippen molar-refractivity contribution in [2.45, 2.75) is 56.5 Å². The summed E-state index contributed by atoms with van der Waals surface area (Å²) < 4.78 is 18.0. The van der Waals surface area contributed by atoms with Crippen LogP contribution in [0.25, 0.3) is 0 Å². The van der Waals surface area contributed by atoms with Gasteiger partial charge in [-0.25, -0.2) is 4.79 Å². The largest absolute Gasteiger partial charge is 0.445 e. The van der Waals surface area contributed by atoms with Crippen LogP contribution in [0.2, 0.25) is 5.02 Å². The second-order valence-electron chi connectivity index (χ2n) is 11.2. The van der Waals surface area contributed by atoms with Gasteiger partial charge in [0.2, 0.25) is 0 Å². The maximum atomic E-state index is 11.8. The van der Waals surface area contributed by atoms with Crippen molar-refractivity contribution in [2.24, 2.45) is 0 Å². The lowest BCUT2D eigenvalue weighted by molar-refractivity contribution is -0.253. The van der Waals surface area contributed by atoms with Gasteiger partial charge < -0.3 is 34.6 Å². The fourth-order valence-corrected chi connectivity index (χ4v) is 5.75. The monoisotopic (exact) mass is 606 g/mol. The van der Waals surface area contributed by atoms with Crippen molar-refractivity contribution in [3.63, 3.8) is 0 Å². The number of halogens is 1. The number of nitrogens with one attached hydrogen (secondary N) is 1. The minimum Gasteiger partial charge on any atom is -0.445 e. The molecule has 3 atom stereocenters. The number of carbonyl (C=O) groups excluding carboxylic acids is 1. The molecule has 43 heavy (non-hydrogen) atoms. The van der Waals surface area contributed by atoms with Gasteiger partial charge in [0.1, 0.15) is 6.61 Å². The van der Waals surface area contributed by atoms with E-state index in [0.29, 0.717) is 30.8 Å². The van der Waals surface area contributed by atoms with Crippen LogP contribution >= 0.6 is 11.6 Å². The van der Waals surface area contributed by atoms with E-state index in [9.17, 15) is 15.0 Å². The van der Waals surface area contributed by atoms with E-state index in [0.717, 1.165) is 47.5 Å². The zero-order valence-electron chi connectivity index (χ0n) is 24.2. The number of rotatable bonds is 10. The first-order chi connectivity index (χ1) is 20.8. The molecule has 2 heterocycles. The quantitative estimate of drug-likeness (QED) is 0.252. The fourth-order valence-electron chi connectivity index (χ4n) is 5.63. The first-order valence-corrected chi connectivity index (χ1v) is 15.0. The number of piperidine rings is 1. The second-order valence-corrected chi connectivity index (χ2v) is 11.6. The van der Waals surface area contributed by atoms with Crippen LogP contribution in [0.1, 0.15) is 59.5 Å². The highest BCUT2D eigenvalue weighted by atomic mass is 35.5. The first-order valence-electron chi connectivity index (χ1n) is 14.7. The molecule has 0 spiro atoms. The highest BCUT2D eigenvalue weighted by molar-refractivity contribution is 6.30. The third kappa shape index (κ3) is 8.23. The maximum absolute atomic E-state index is 11.8. The van der Waals surface area contributed by atoms with Crippen LogP contribution in [0.15, 0.2) is 85.5 Å². The van der Waals surface area contributed by atoms with Crippen molar-refractivity contribution in [1.29, 1.82) is 0 Å². The number of ether oxygens (including phenoxy) is 3.